The van der Waals surface area contributed by atoms with E-state index in [-0.39, 0.29) is 51.4 Å². The van der Waals surface area contributed by atoms with Gasteiger partial charge in [-0.05, 0) is 12.1 Å². The summed E-state index contributed by atoms with van der Waals surface area (Å²) in [5.74, 6) is 0. The molecule has 0 aromatic carbocycles. The van der Waals surface area contributed by atoms with Crippen LogP contribution in [0.4, 0.5) is 0 Å². The van der Waals surface area contributed by atoms with E-state index >= 15 is 0 Å². The normalized spacial score (nSPS) is 5.56. The second-order valence-electron chi connectivity index (χ2n) is 1.02. The molecule has 9 heavy (non-hydrogen) atoms. The van der Waals surface area contributed by atoms with Gasteiger partial charge in [0.25, 0.3) is 0 Å². The molecule has 3 heteroatoms. The predicted molar refractivity (Wildman–Crippen MR) is 29.2 cm³/mol. The number of rotatable bonds is 0. The van der Waals surface area contributed by atoms with Gasteiger partial charge in [-0.3, -0.25) is 4.98 Å². The van der Waals surface area contributed by atoms with Crippen LogP contribution < -0.4 is 51.4 Å². The first-order valence-corrected chi connectivity index (χ1v) is 2.07. The summed E-state index contributed by atoms with van der Waals surface area (Å²) in [4.78, 5) is 3.78. The molecular weight excluding hydrogens is 139 g/mol. The van der Waals surface area contributed by atoms with Crippen LogP contribution in [0.15, 0.2) is 30.6 Å². The first-order chi connectivity index (χ1) is 4.00. The summed E-state index contributed by atoms with van der Waals surface area (Å²) in [5, 5.41) is 6.25. The zero-order valence-electron chi connectivity index (χ0n) is 5.28. The minimum Gasteiger partial charge on any atom is -0.512 e. The zero-order valence-corrected chi connectivity index (χ0v) is 8.40. The molecule has 0 radical (unpaired) electrons. The molecular formula is C6H5KN2. The fourth-order valence-corrected chi connectivity index (χ4v) is 0.313. The summed E-state index contributed by atoms with van der Waals surface area (Å²) in [5.41, 5.74) is 0. The molecule has 1 rings (SSSR count). The van der Waals surface area contributed by atoms with E-state index in [2.05, 4.69) is 4.98 Å². The van der Waals surface area contributed by atoms with Crippen LogP contribution in [0, 0.1) is 11.8 Å². The summed E-state index contributed by atoms with van der Waals surface area (Å²) in [7, 11) is 0. The standard InChI is InChI=1S/C5H5N.CN.K/c1-2-4-6-5-3-1;1-2;/h1-5H;;/q;-1;+1. The second-order valence-corrected chi connectivity index (χ2v) is 1.02. The molecule has 0 unspecified atom stereocenters. The summed E-state index contributed by atoms with van der Waals surface area (Å²) in [6.07, 6.45) is 3.50. The topological polar surface area (TPSA) is 36.7 Å². The van der Waals surface area contributed by atoms with Crippen molar-refractivity contribution in [3.05, 3.63) is 37.2 Å². The maximum atomic E-state index is 6.25. The number of hydrogen-bond acceptors (Lipinski definition) is 2. The van der Waals surface area contributed by atoms with E-state index in [0.717, 1.165) is 0 Å². The molecule has 0 atom stereocenters. The monoisotopic (exact) mass is 144 g/mol. The van der Waals surface area contributed by atoms with Crippen molar-refractivity contribution in [2.75, 3.05) is 0 Å². The van der Waals surface area contributed by atoms with Crippen molar-refractivity contribution < 1.29 is 51.4 Å². The van der Waals surface area contributed by atoms with E-state index in [1.54, 1.807) is 12.4 Å². The van der Waals surface area contributed by atoms with Crippen molar-refractivity contribution in [2.45, 2.75) is 0 Å². The first kappa shape index (κ1) is 12.0. The number of nitrogens with zero attached hydrogens (tertiary/aromatic N) is 2. The Kier molecular flexibility index (Phi) is 14.8. The van der Waals surface area contributed by atoms with Crippen molar-refractivity contribution in [3.63, 3.8) is 0 Å². The Labute approximate surface area is 97.3 Å². The Balaban J connectivity index is 0. The molecule has 0 N–H and O–H groups in total. The van der Waals surface area contributed by atoms with Crippen molar-refractivity contribution in [1.29, 1.82) is 5.26 Å². The quantitative estimate of drug-likeness (QED) is 0.317. The van der Waals surface area contributed by atoms with Gasteiger partial charge in [-0.1, -0.05) is 6.07 Å². The van der Waals surface area contributed by atoms with Crippen molar-refractivity contribution >= 4 is 0 Å². The third-order valence-corrected chi connectivity index (χ3v) is 0.566. The fourth-order valence-electron chi connectivity index (χ4n) is 0.313. The van der Waals surface area contributed by atoms with Gasteiger partial charge >= 0.3 is 51.4 Å². The van der Waals surface area contributed by atoms with Crippen LogP contribution in [0.2, 0.25) is 0 Å². The smallest absolute Gasteiger partial charge is 0.512 e. The van der Waals surface area contributed by atoms with Gasteiger partial charge in [-0.15, -0.1) is 0 Å². The Morgan fingerprint density at radius 3 is 1.56 bits per heavy atom. The van der Waals surface area contributed by atoms with Crippen LogP contribution in [0.1, 0.15) is 0 Å². The molecule has 1 aromatic heterocycles. The van der Waals surface area contributed by atoms with Gasteiger partial charge in [0.05, 0.1) is 0 Å². The summed E-state index contributed by atoms with van der Waals surface area (Å²) in [6, 6.07) is 5.72. The molecule has 0 amide bonds. The average Bonchev–Trinajstić information content (AvgIpc) is 1.96. The van der Waals surface area contributed by atoms with Gasteiger partial charge in [-0.25, -0.2) is 0 Å². The molecule has 0 saturated carbocycles. The Morgan fingerprint density at radius 1 is 1.00 bits per heavy atom. The molecule has 0 aliphatic carbocycles. The van der Waals surface area contributed by atoms with Crippen LogP contribution in [-0.4, -0.2) is 4.98 Å². The van der Waals surface area contributed by atoms with E-state index in [1.165, 1.54) is 0 Å². The van der Waals surface area contributed by atoms with Crippen molar-refractivity contribution in [1.82, 2.24) is 4.98 Å². The van der Waals surface area contributed by atoms with Gasteiger partial charge in [0.2, 0.25) is 0 Å². The molecule has 1 heterocycles. The van der Waals surface area contributed by atoms with Crippen LogP contribution in [0.25, 0.3) is 0 Å². The minimum absolute atomic E-state index is 0. The third kappa shape index (κ3) is 8.28. The van der Waals surface area contributed by atoms with Crippen LogP contribution in [-0.2, 0) is 0 Å². The molecule has 0 aliphatic rings. The Bertz CT molecular complexity index is 112. The summed E-state index contributed by atoms with van der Waals surface area (Å²) >= 11 is 0. The zero-order chi connectivity index (χ0) is 6.24. The average molecular weight is 144 g/mol. The van der Waals surface area contributed by atoms with E-state index in [0.29, 0.717) is 0 Å². The van der Waals surface area contributed by atoms with Crippen molar-refractivity contribution in [2.24, 2.45) is 0 Å². The minimum atomic E-state index is 0. The van der Waals surface area contributed by atoms with E-state index < -0.39 is 0 Å². The number of pyridine rings is 1. The molecule has 0 bridgehead atoms. The number of hydrogen-bond donors (Lipinski definition) is 0. The molecule has 0 spiro atoms. The molecule has 1 aromatic rings. The van der Waals surface area contributed by atoms with Gasteiger partial charge in [0.1, 0.15) is 0 Å². The van der Waals surface area contributed by atoms with Crippen LogP contribution in [0.3, 0.4) is 0 Å². The van der Waals surface area contributed by atoms with E-state index in [4.69, 9.17) is 11.8 Å². The SMILES string of the molecule is [C-]#N.[K+].c1ccncc1. The van der Waals surface area contributed by atoms with Crippen LogP contribution >= 0.6 is 0 Å². The molecule has 2 nitrogen and oxygen atoms in total. The maximum Gasteiger partial charge on any atom is 1.00 e. The predicted octanol–water partition coefficient (Wildman–Crippen LogP) is -1.82. The maximum absolute atomic E-state index is 6.25. The summed E-state index contributed by atoms with van der Waals surface area (Å²) in [6.45, 7) is 4.75. The molecule has 0 aliphatic heterocycles. The largest absolute Gasteiger partial charge is 1.00 e. The Hall–Kier alpha value is 0.276. The molecule has 0 fully saturated rings. The number of aromatic nitrogens is 1. The van der Waals surface area contributed by atoms with Crippen LogP contribution in [0.5, 0.6) is 0 Å². The Morgan fingerprint density at radius 2 is 1.44 bits per heavy atom. The third-order valence-electron chi connectivity index (χ3n) is 0.566. The first-order valence-electron chi connectivity index (χ1n) is 2.07. The van der Waals surface area contributed by atoms with Gasteiger partial charge in [0.15, 0.2) is 0 Å². The van der Waals surface area contributed by atoms with Gasteiger partial charge < -0.3 is 11.8 Å². The second kappa shape index (κ2) is 11.1. The fraction of sp³-hybridized carbons (Fsp3) is 0. The molecule has 40 valence electrons. The van der Waals surface area contributed by atoms with Gasteiger partial charge in [-0.2, -0.15) is 0 Å². The summed E-state index contributed by atoms with van der Waals surface area (Å²) < 4.78 is 0. The van der Waals surface area contributed by atoms with Gasteiger partial charge in [0, 0.05) is 12.4 Å². The van der Waals surface area contributed by atoms with E-state index in [9.17, 15) is 0 Å². The van der Waals surface area contributed by atoms with Crippen molar-refractivity contribution in [3.8, 4) is 0 Å². The van der Waals surface area contributed by atoms with E-state index in [1.807, 2.05) is 18.2 Å². The molecule has 0 saturated heterocycles.